The lowest BCUT2D eigenvalue weighted by molar-refractivity contribution is -0.142. The summed E-state index contributed by atoms with van der Waals surface area (Å²) in [5, 5.41) is 11.6. The highest BCUT2D eigenvalue weighted by molar-refractivity contribution is 5.77. The number of piperidine rings is 1. The molecule has 0 aromatic rings. The first-order valence-electron chi connectivity index (χ1n) is 7.87. The maximum absolute atomic E-state index is 11.0. The Morgan fingerprint density at radius 3 is 1.50 bits per heavy atom. The molecule has 2 N–H and O–H groups in total. The summed E-state index contributed by atoms with van der Waals surface area (Å²) in [6.45, 7) is 11.7. The molecule has 0 aliphatic carbocycles. The number of rotatable bonds is 1. The summed E-state index contributed by atoms with van der Waals surface area (Å²) in [6.07, 6.45) is -0.543. The summed E-state index contributed by atoms with van der Waals surface area (Å²) in [5.74, 6) is -0.734. The zero-order valence-corrected chi connectivity index (χ0v) is 15.3. The second kappa shape index (κ2) is 9.46. The van der Waals surface area contributed by atoms with Crippen LogP contribution in [0.3, 0.4) is 0 Å². The molecule has 1 aliphatic heterocycles. The summed E-state index contributed by atoms with van der Waals surface area (Å²) in [4.78, 5) is 32.3. The van der Waals surface area contributed by atoms with Gasteiger partial charge in [0.15, 0.2) is 0 Å². The summed E-state index contributed by atoms with van der Waals surface area (Å²) in [6, 6.07) is 0. The maximum atomic E-state index is 11.0. The highest BCUT2D eigenvalue weighted by atomic mass is 16.8. The number of hydrogen-bond acceptors (Lipinski definition) is 7. The molecular weight excluding hydrogens is 318 g/mol. The van der Waals surface area contributed by atoms with Crippen LogP contribution in [0.15, 0.2) is 0 Å². The molecule has 1 heterocycles. The molecule has 0 bridgehead atoms. The molecule has 24 heavy (non-hydrogen) atoms. The number of hydrogen-bond donors (Lipinski definition) is 2. The third kappa shape index (κ3) is 12.7. The molecule has 1 rings (SSSR count). The van der Waals surface area contributed by atoms with Gasteiger partial charge in [0.1, 0.15) is 11.2 Å². The predicted molar refractivity (Wildman–Crippen MR) is 86.8 cm³/mol. The van der Waals surface area contributed by atoms with Crippen LogP contribution in [-0.2, 0) is 19.0 Å². The maximum Gasteiger partial charge on any atom is 0.519 e. The Bertz CT molecular complexity index is 403. The van der Waals surface area contributed by atoms with Crippen molar-refractivity contribution < 1.29 is 33.7 Å². The zero-order chi connectivity index (χ0) is 19.0. The molecule has 1 aliphatic rings. The number of ether oxygens (including phenoxy) is 3. The van der Waals surface area contributed by atoms with Crippen LogP contribution in [0.4, 0.5) is 9.59 Å². The van der Waals surface area contributed by atoms with Crippen LogP contribution in [0.2, 0.25) is 0 Å². The van der Waals surface area contributed by atoms with Crippen LogP contribution >= 0.6 is 0 Å². The molecule has 8 nitrogen and oxygen atoms in total. The van der Waals surface area contributed by atoms with E-state index in [0.717, 1.165) is 25.9 Å². The summed E-state index contributed by atoms with van der Waals surface area (Å²) in [7, 11) is 0. The Morgan fingerprint density at radius 1 is 0.875 bits per heavy atom. The molecule has 0 spiro atoms. The van der Waals surface area contributed by atoms with Crippen LogP contribution in [0.5, 0.6) is 0 Å². The molecule has 0 aromatic carbocycles. The van der Waals surface area contributed by atoms with Gasteiger partial charge >= 0.3 is 18.3 Å². The number of carbonyl (C=O) groups is 3. The molecule has 0 radical (unpaired) electrons. The Hall–Kier alpha value is -1.83. The van der Waals surface area contributed by atoms with Gasteiger partial charge < -0.3 is 24.6 Å². The van der Waals surface area contributed by atoms with E-state index in [0.29, 0.717) is 0 Å². The van der Waals surface area contributed by atoms with Gasteiger partial charge in [-0.1, -0.05) is 0 Å². The van der Waals surface area contributed by atoms with Crippen molar-refractivity contribution in [1.82, 2.24) is 5.32 Å². The van der Waals surface area contributed by atoms with Crippen molar-refractivity contribution in [2.75, 3.05) is 13.1 Å². The van der Waals surface area contributed by atoms with Gasteiger partial charge in [0.25, 0.3) is 0 Å². The molecule has 0 amide bonds. The van der Waals surface area contributed by atoms with Crippen molar-refractivity contribution in [3.63, 3.8) is 0 Å². The van der Waals surface area contributed by atoms with Gasteiger partial charge in [-0.05, 0) is 67.5 Å². The average Bonchev–Trinajstić information content (AvgIpc) is 2.35. The largest absolute Gasteiger partial charge is 0.519 e. The van der Waals surface area contributed by atoms with Gasteiger partial charge in [-0.15, -0.1) is 0 Å². The lowest BCUT2D eigenvalue weighted by Crippen LogP contribution is -2.31. The smallest absolute Gasteiger partial charge is 0.481 e. The van der Waals surface area contributed by atoms with E-state index in [1.165, 1.54) is 0 Å². The number of aliphatic carboxylic acids is 1. The molecule has 0 unspecified atom stereocenters. The first-order chi connectivity index (χ1) is 10.8. The lowest BCUT2D eigenvalue weighted by atomic mass is 9.99. The highest BCUT2D eigenvalue weighted by Gasteiger charge is 2.24. The Morgan fingerprint density at radius 2 is 1.25 bits per heavy atom. The van der Waals surface area contributed by atoms with E-state index in [1.54, 1.807) is 41.5 Å². The van der Waals surface area contributed by atoms with Crippen LogP contribution < -0.4 is 5.32 Å². The molecule has 1 fully saturated rings. The van der Waals surface area contributed by atoms with E-state index in [2.05, 4.69) is 10.1 Å². The van der Waals surface area contributed by atoms with Crippen LogP contribution in [-0.4, -0.2) is 47.7 Å². The molecule has 0 atom stereocenters. The minimum atomic E-state index is -1.06. The predicted octanol–water partition coefficient (Wildman–Crippen LogP) is 2.94. The lowest BCUT2D eigenvalue weighted by Gasteiger charge is -2.20. The monoisotopic (exact) mass is 347 g/mol. The Labute approximate surface area is 142 Å². The second-order valence-electron chi connectivity index (χ2n) is 7.39. The van der Waals surface area contributed by atoms with Crippen LogP contribution in [0.25, 0.3) is 0 Å². The van der Waals surface area contributed by atoms with E-state index >= 15 is 0 Å². The van der Waals surface area contributed by atoms with Crippen molar-refractivity contribution in [3.05, 3.63) is 0 Å². The van der Waals surface area contributed by atoms with Gasteiger partial charge in [-0.25, -0.2) is 9.59 Å². The highest BCUT2D eigenvalue weighted by Crippen LogP contribution is 2.12. The van der Waals surface area contributed by atoms with Gasteiger partial charge in [0.2, 0.25) is 0 Å². The molecule has 8 heteroatoms. The number of carboxylic acid groups (broad SMARTS) is 1. The summed E-state index contributed by atoms with van der Waals surface area (Å²) in [5.41, 5.74) is -1.39. The van der Waals surface area contributed by atoms with E-state index < -0.39 is 29.5 Å². The van der Waals surface area contributed by atoms with Crippen molar-refractivity contribution in [1.29, 1.82) is 0 Å². The van der Waals surface area contributed by atoms with Gasteiger partial charge in [0, 0.05) is 0 Å². The van der Waals surface area contributed by atoms with E-state index in [-0.39, 0.29) is 5.92 Å². The quantitative estimate of drug-likeness (QED) is 0.550. The van der Waals surface area contributed by atoms with E-state index in [1.807, 2.05) is 0 Å². The Balaban J connectivity index is 0.000000496. The zero-order valence-electron chi connectivity index (χ0n) is 15.3. The van der Waals surface area contributed by atoms with Gasteiger partial charge in [-0.3, -0.25) is 4.79 Å². The minimum absolute atomic E-state index is 0.0914. The van der Waals surface area contributed by atoms with Crippen LogP contribution in [0, 0.1) is 5.92 Å². The molecule has 140 valence electrons. The Kier molecular flexibility index (Phi) is 8.74. The normalized spacial score (nSPS) is 15.6. The van der Waals surface area contributed by atoms with Crippen molar-refractivity contribution in [2.24, 2.45) is 5.92 Å². The van der Waals surface area contributed by atoms with Gasteiger partial charge in [-0.2, -0.15) is 0 Å². The number of carbonyl (C=O) groups excluding carboxylic acids is 2. The molecule has 0 saturated carbocycles. The van der Waals surface area contributed by atoms with Crippen LogP contribution in [0.1, 0.15) is 54.4 Å². The summed E-state index contributed by atoms with van der Waals surface area (Å²) >= 11 is 0. The molecular formula is C16H29NO7. The third-order valence-electron chi connectivity index (χ3n) is 2.63. The first-order valence-corrected chi connectivity index (χ1v) is 7.87. The third-order valence-corrected chi connectivity index (χ3v) is 2.63. The SMILES string of the molecule is CC(C)(C)OC(=O)OC(=O)OC(C)(C)C.O=C(O)C1CCNCC1. The topological polar surface area (TPSA) is 111 Å². The fraction of sp³-hybridized carbons (Fsp3) is 0.812. The number of nitrogens with one attached hydrogen (secondary N) is 1. The van der Waals surface area contributed by atoms with Crippen molar-refractivity contribution in [3.8, 4) is 0 Å². The fourth-order valence-electron chi connectivity index (χ4n) is 1.68. The minimum Gasteiger partial charge on any atom is -0.481 e. The van der Waals surface area contributed by atoms with Gasteiger partial charge in [0.05, 0.1) is 5.92 Å². The summed E-state index contributed by atoms with van der Waals surface area (Å²) < 4.78 is 13.8. The van der Waals surface area contributed by atoms with E-state index in [4.69, 9.17) is 14.6 Å². The first kappa shape index (κ1) is 22.2. The van der Waals surface area contributed by atoms with Crippen molar-refractivity contribution >= 4 is 18.3 Å². The average molecular weight is 347 g/mol. The number of carboxylic acids is 1. The van der Waals surface area contributed by atoms with Crippen molar-refractivity contribution in [2.45, 2.75) is 65.6 Å². The molecule has 1 saturated heterocycles. The van der Waals surface area contributed by atoms with E-state index in [9.17, 15) is 14.4 Å². The standard InChI is InChI=1S/C10H18O5.C6H11NO2/c1-9(2,3)14-7(11)13-8(12)15-10(4,5)6;8-6(9)5-1-3-7-4-2-5/h1-6H3;5,7H,1-4H2,(H,8,9). The second-order valence-corrected chi connectivity index (χ2v) is 7.39. The molecule has 0 aromatic heterocycles. The fourth-order valence-corrected chi connectivity index (χ4v) is 1.68.